The normalized spacial score (nSPS) is 26.4. The molecule has 0 aromatic heterocycles. The maximum absolute atomic E-state index is 6.49. The van der Waals surface area contributed by atoms with Crippen LogP contribution in [0.15, 0.2) is 69.4 Å². The Balaban J connectivity index is 0.00000105. The molecular weight excluding hydrogens is 598 g/mol. The van der Waals surface area contributed by atoms with Crippen LogP contribution in [0.25, 0.3) is 10.8 Å². The van der Waals surface area contributed by atoms with Gasteiger partial charge in [0.1, 0.15) is 12.4 Å². The second kappa shape index (κ2) is 13.3. The van der Waals surface area contributed by atoms with Crippen molar-refractivity contribution in [1.29, 1.82) is 0 Å². The van der Waals surface area contributed by atoms with E-state index in [0.29, 0.717) is 12.1 Å². The number of hydrogen-bond donors (Lipinski definition) is 1. The van der Waals surface area contributed by atoms with Gasteiger partial charge >= 0.3 is 0 Å². The highest BCUT2D eigenvalue weighted by Crippen LogP contribution is 2.40. The predicted octanol–water partition coefficient (Wildman–Crippen LogP) is 7.50. The lowest BCUT2D eigenvalue weighted by atomic mass is 9.95. The summed E-state index contributed by atoms with van der Waals surface area (Å²) in [5.41, 5.74) is 3.98. The van der Waals surface area contributed by atoms with E-state index >= 15 is 0 Å². The van der Waals surface area contributed by atoms with Crippen LogP contribution >= 0.6 is 15.9 Å². The molecule has 43 heavy (non-hydrogen) atoms. The van der Waals surface area contributed by atoms with Crippen LogP contribution in [0.2, 0.25) is 0 Å². The van der Waals surface area contributed by atoms with Gasteiger partial charge < -0.3 is 19.9 Å². The number of piperidine rings is 1. The molecular formula is C36H50BrN5O. The van der Waals surface area contributed by atoms with Gasteiger partial charge in [-0.1, -0.05) is 67.0 Å². The maximum atomic E-state index is 6.49. The van der Waals surface area contributed by atoms with Crippen LogP contribution in [0, 0.1) is 0 Å². The van der Waals surface area contributed by atoms with Crippen molar-refractivity contribution in [3.8, 4) is 0 Å². The van der Waals surface area contributed by atoms with Gasteiger partial charge in [-0.3, -0.25) is 4.90 Å². The molecule has 5 heterocycles. The topological polar surface area (TPSA) is 43.3 Å². The van der Waals surface area contributed by atoms with Crippen molar-refractivity contribution in [3.63, 3.8) is 0 Å². The number of piperazine rings is 1. The largest absolute Gasteiger partial charge is 0.479 e. The lowest BCUT2D eigenvalue weighted by Gasteiger charge is -2.39. The molecule has 7 heteroatoms. The zero-order chi connectivity index (χ0) is 30.0. The van der Waals surface area contributed by atoms with E-state index in [1.807, 2.05) is 0 Å². The maximum Gasteiger partial charge on any atom is 0.186 e. The summed E-state index contributed by atoms with van der Waals surface area (Å²) >= 11 is 3.81. The van der Waals surface area contributed by atoms with E-state index in [9.17, 15) is 0 Å². The third kappa shape index (κ3) is 6.41. The number of aliphatic imine (C=N–C) groups is 1. The van der Waals surface area contributed by atoms with Crippen LogP contribution < -0.4 is 10.2 Å². The van der Waals surface area contributed by atoms with Gasteiger partial charge in [0.15, 0.2) is 5.90 Å². The van der Waals surface area contributed by atoms with E-state index in [0.717, 1.165) is 55.4 Å². The van der Waals surface area contributed by atoms with Crippen LogP contribution in [-0.2, 0) is 4.74 Å². The third-order valence-corrected chi connectivity index (χ3v) is 10.7. The smallest absolute Gasteiger partial charge is 0.186 e. The minimum absolute atomic E-state index is 0.236. The Morgan fingerprint density at radius 1 is 1.05 bits per heavy atom. The monoisotopic (exact) mass is 647 g/mol. The molecule has 5 saturated heterocycles. The minimum atomic E-state index is 0.236. The summed E-state index contributed by atoms with van der Waals surface area (Å²) in [6, 6.07) is 14.1. The molecule has 2 bridgehead atoms. The fraction of sp³-hybridized carbons (Fsp3) is 0.583. The zero-order valence-electron chi connectivity index (χ0n) is 26.5. The summed E-state index contributed by atoms with van der Waals surface area (Å²) < 4.78 is 7.63. The van der Waals surface area contributed by atoms with E-state index in [4.69, 9.17) is 9.73 Å². The number of rotatable bonds is 5. The van der Waals surface area contributed by atoms with Crippen molar-refractivity contribution in [3.05, 3.63) is 64.4 Å². The van der Waals surface area contributed by atoms with Gasteiger partial charge in [0.2, 0.25) is 0 Å². The average molecular weight is 649 g/mol. The molecule has 2 atom stereocenters. The Hall–Kier alpha value is -2.35. The molecule has 1 N–H and O–H groups in total. The molecule has 2 aromatic carbocycles. The summed E-state index contributed by atoms with van der Waals surface area (Å²) in [4.78, 5) is 13.0. The van der Waals surface area contributed by atoms with Crippen molar-refractivity contribution in [1.82, 2.24) is 15.1 Å². The number of fused-ring (bicyclic) bond motifs is 4. The van der Waals surface area contributed by atoms with Crippen LogP contribution in [0.3, 0.4) is 0 Å². The lowest BCUT2D eigenvalue weighted by Crippen LogP contribution is -2.51. The predicted molar refractivity (Wildman–Crippen MR) is 184 cm³/mol. The van der Waals surface area contributed by atoms with E-state index in [2.05, 4.69) is 99.7 Å². The number of anilines is 1. The highest BCUT2D eigenvalue weighted by Gasteiger charge is 2.45. The second-order valence-corrected chi connectivity index (χ2v) is 14.1. The molecule has 232 valence electrons. The molecule has 0 radical (unpaired) electrons. The molecule has 7 rings (SSSR count). The number of nitrogens with one attached hydrogen (secondary N) is 1. The number of ether oxygens (including phenoxy) is 1. The van der Waals surface area contributed by atoms with Crippen LogP contribution in [0.4, 0.5) is 5.69 Å². The first-order chi connectivity index (χ1) is 20.9. The Bertz CT molecular complexity index is 1360. The lowest BCUT2D eigenvalue weighted by molar-refractivity contribution is 0.106. The van der Waals surface area contributed by atoms with Gasteiger partial charge in [-0.2, -0.15) is 0 Å². The molecule has 0 amide bonds. The Morgan fingerprint density at radius 2 is 1.72 bits per heavy atom. The zero-order valence-corrected chi connectivity index (χ0v) is 28.1. The molecule has 5 aliphatic rings. The van der Waals surface area contributed by atoms with E-state index in [-0.39, 0.29) is 5.54 Å². The summed E-state index contributed by atoms with van der Waals surface area (Å²) in [6.45, 7) is 17.9. The second-order valence-electron chi connectivity index (χ2n) is 13.3. The Kier molecular flexibility index (Phi) is 9.51. The molecule has 0 spiro atoms. The summed E-state index contributed by atoms with van der Waals surface area (Å²) in [5, 5.41) is 6.33. The third-order valence-electron chi connectivity index (χ3n) is 10.0. The number of likely N-dealkylation sites (tertiary alicyclic amines) is 1. The molecule has 0 aliphatic carbocycles. The van der Waals surface area contributed by atoms with Crippen LogP contribution in [0.1, 0.15) is 72.1 Å². The SMILES string of the molecule is C=C1CN(c2cccc3cccc(Br)c23)CC/C1=C(/N=C(\C)OCC12CCCN1CCC2)N1CC2CCC(C1)N2.CCC. The van der Waals surface area contributed by atoms with Gasteiger partial charge in [-0.25, -0.2) is 4.99 Å². The number of benzene rings is 2. The van der Waals surface area contributed by atoms with Crippen LogP contribution in [-0.4, -0.2) is 79.2 Å². The molecule has 0 saturated carbocycles. The summed E-state index contributed by atoms with van der Waals surface area (Å²) in [6.07, 6.45) is 9.80. The van der Waals surface area contributed by atoms with Crippen molar-refractivity contribution in [2.75, 3.05) is 50.8 Å². The van der Waals surface area contributed by atoms with Crippen molar-refractivity contribution in [2.24, 2.45) is 4.99 Å². The van der Waals surface area contributed by atoms with Gasteiger partial charge in [0, 0.05) is 66.3 Å². The summed E-state index contributed by atoms with van der Waals surface area (Å²) in [7, 11) is 0. The highest BCUT2D eigenvalue weighted by atomic mass is 79.9. The van der Waals surface area contributed by atoms with Gasteiger partial charge in [-0.05, 0) is 81.1 Å². The van der Waals surface area contributed by atoms with Gasteiger partial charge in [0.25, 0.3) is 0 Å². The van der Waals surface area contributed by atoms with Gasteiger partial charge in [-0.15, -0.1) is 0 Å². The number of nitrogens with zero attached hydrogens (tertiary/aromatic N) is 4. The Labute approximate surface area is 267 Å². The summed E-state index contributed by atoms with van der Waals surface area (Å²) in [5.74, 6) is 1.90. The van der Waals surface area contributed by atoms with Crippen LogP contribution in [0.5, 0.6) is 0 Å². The Morgan fingerprint density at radius 3 is 2.40 bits per heavy atom. The first-order valence-corrected chi connectivity index (χ1v) is 17.5. The molecule has 2 unspecified atom stereocenters. The van der Waals surface area contributed by atoms with Gasteiger partial charge in [0.05, 0.1) is 5.54 Å². The fourth-order valence-electron chi connectivity index (χ4n) is 8.02. The molecule has 5 fully saturated rings. The van der Waals surface area contributed by atoms with Crippen molar-refractivity contribution in [2.45, 2.75) is 89.8 Å². The average Bonchev–Trinajstić information content (AvgIpc) is 3.69. The minimum Gasteiger partial charge on any atom is -0.479 e. The highest BCUT2D eigenvalue weighted by molar-refractivity contribution is 9.10. The van der Waals surface area contributed by atoms with E-state index in [1.54, 1.807) is 0 Å². The molecule has 5 aliphatic heterocycles. The number of hydrogen-bond acceptors (Lipinski definition) is 6. The standard InChI is InChI=1S/C33H42BrN5O.C3H8/c1-23-19-37(30-10-4-8-25-7-3-9-29(34)31(25)30)18-13-28(23)32(38-20-26-11-12-27(21-38)36-26)35-24(2)40-22-33-14-5-16-39(33)17-6-15-33;1-3-2/h3-4,7-10,26-27,36H,1,5-6,11-22H2,2H3;3H2,1-2H3/b32-28+,35-24+;. The first kappa shape index (κ1) is 30.7. The fourth-order valence-corrected chi connectivity index (χ4v) is 8.61. The molecule has 6 nitrogen and oxygen atoms in total. The van der Waals surface area contributed by atoms with E-state index < -0.39 is 0 Å². The quantitative estimate of drug-likeness (QED) is 0.269. The van der Waals surface area contributed by atoms with Crippen molar-refractivity contribution >= 4 is 38.3 Å². The van der Waals surface area contributed by atoms with Crippen molar-refractivity contribution < 1.29 is 4.74 Å². The van der Waals surface area contributed by atoms with E-state index in [1.165, 1.54) is 85.6 Å². The first-order valence-electron chi connectivity index (χ1n) is 16.7. The molecule has 2 aromatic rings. The number of halogens is 1.